The van der Waals surface area contributed by atoms with Gasteiger partial charge in [-0.2, -0.15) is 0 Å². The highest BCUT2D eigenvalue weighted by molar-refractivity contribution is 9.12. The van der Waals surface area contributed by atoms with Crippen molar-refractivity contribution in [2.24, 2.45) is 28.6 Å². The maximum Gasteiger partial charge on any atom is 0.155 e. The highest BCUT2D eigenvalue weighted by Crippen LogP contribution is 2.65. The molecule has 3 heteroatoms. The Balaban J connectivity index is 1.71. The van der Waals surface area contributed by atoms with Gasteiger partial charge in [0.25, 0.3) is 0 Å². The van der Waals surface area contributed by atoms with E-state index in [1.807, 2.05) is 12.2 Å². The first-order valence-corrected chi connectivity index (χ1v) is 9.92. The first kappa shape index (κ1) is 16.6. The fourth-order valence-corrected chi connectivity index (χ4v) is 6.60. The molecular weight excluding hydrogens is 364 g/mol. The summed E-state index contributed by atoms with van der Waals surface area (Å²) in [6.07, 6.45) is 12.1. The van der Waals surface area contributed by atoms with Crippen molar-refractivity contribution >= 4 is 21.7 Å². The van der Waals surface area contributed by atoms with Gasteiger partial charge in [0.05, 0.1) is 0 Å². The normalized spacial score (nSPS) is 49.4. The second kappa shape index (κ2) is 5.32. The number of hydrogen-bond acceptors (Lipinski definition) is 2. The highest BCUT2D eigenvalue weighted by atomic mass is 79.9. The first-order chi connectivity index (χ1) is 11.3. The summed E-state index contributed by atoms with van der Waals surface area (Å²) in [5.41, 5.74) is 0.345. The predicted octanol–water partition coefficient (Wildman–Crippen LogP) is 4.38. The Hall–Kier alpha value is -0.850. The zero-order valence-electron chi connectivity index (χ0n) is 14.4. The quantitative estimate of drug-likeness (QED) is 0.493. The van der Waals surface area contributed by atoms with Crippen LogP contribution in [0.3, 0.4) is 0 Å². The molecular formula is C21H25BrO2. The van der Waals surface area contributed by atoms with Gasteiger partial charge in [0.2, 0.25) is 0 Å². The van der Waals surface area contributed by atoms with Gasteiger partial charge in [0.15, 0.2) is 11.4 Å². The van der Waals surface area contributed by atoms with Gasteiger partial charge in [-0.3, -0.25) is 4.79 Å². The molecule has 0 unspecified atom stereocenters. The van der Waals surface area contributed by atoms with Gasteiger partial charge >= 0.3 is 0 Å². The molecule has 0 aromatic carbocycles. The summed E-state index contributed by atoms with van der Waals surface area (Å²) >= 11 is 3.17. The minimum Gasteiger partial charge on any atom is -0.373 e. The van der Waals surface area contributed by atoms with Crippen LogP contribution >= 0.6 is 15.9 Å². The van der Waals surface area contributed by atoms with Crippen LogP contribution in [-0.2, 0) is 4.79 Å². The fraction of sp³-hybridized carbons (Fsp3) is 0.667. The number of allylic oxidation sites excluding steroid dienone is 3. The maximum absolute atomic E-state index is 11.9. The number of rotatable bonds is 0. The van der Waals surface area contributed by atoms with Gasteiger partial charge in [0.1, 0.15) is 0 Å². The van der Waals surface area contributed by atoms with Crippen LogP contribution in [0.5, 0.6) is 0 Å². The summed E-state index contributed by atoms with van der Waals surface area (Å²) in [6.45, 7) is 4.59. The second-order valence-electron chi connectivity index (χ2n) is 8.69. The summed E-state index contributed by atoms with van der Waals surface area (Å²) in [6, 6.07) is 0. The molecule has 1 N–H and O–H groups in total. The average Bonchev–Trinajstić information content (AvgIpc) is 2.80. The van der Waals surface area contributed by atoms with Gasteiger partial charge in [-0.1, -0.05) is 31.4 Å². The molecule has 0 aromatic heterocycles. The zero-order valence-corrected chi connectivity index (χ0v) is 16.0. The summed E-state index contributed by atoms with van der Waals surface area (Å²) in [7, 11) is 0. The van der Waals surface area contributed by atoms with E-state index in [0.29, 0.717) is 30.0 Å². The van der Waals surface area contributed by atoms with E-state index in [2.05, 4.69) is 46.6 Å². The molecule has 2 fully saturated rings. The summed E-state index contributed by atoms with van der Waals surface area (Å²) in [5.74, 6) is 4.90. The lowest BCUT2D eigenvalue weighted by atomic mass is 9.46. The van der Waals surface area contributed by atoms with Crippen molar-refractivity contribution in [1.82, 2.24) is 0 Å². The summed E-state index contributed by atoms with van der Waals surface area (Å²) in [4.78, 5) is 14.6. The molecule has 0 spiro atoms. The van der Waals surface area contributed by atoms with E-state index < -0.39 is 5.60 Å². The minimum atomic E-state index is -1.02. The molecule has 0 aromatic rings. The van der Waals surface area contributed by atoms with Crippen LogP contribution in [-0.4, -0.2) is 16.5 Å². The molecule has 0 heterocycles. The van der Waals surface area contributed by atoms with Gasteiger partial charge in [-0.25, -0.2) is 0 Å². The molecule has 0 amide bonds. The van der Waals surface area contributed by atoms with Gasteiger partial charge < -0.3 is 5.11 Å². The average molecular weight is 389 g/mol. The molecule has 4 rings (SSSR count). The van der Waals surface area contributed by atoms with Crippen LogP contribution in [0, 0.1) is 39.3 Å². The molecule has 2 saturated carbocycles. The number of aliphatic hydroxyl groups is 1. The molecule has 4 aliphatic carbocycles. The van der Waals surface area contributed by atoms with Crippen molar-refractivity contribution in [3.05, 3.63) is 23.8 Å². The SMILES string of the molecule is C[C@]12CCC(=O)C=C1CC[C@@H]1[C@@H]2CC[C@@]2(C)[C@H]1C=C[C@@]2(O)C#CBr. The van der Waals surface area contributed by atoms with Crippen molar-refractivity contribution < 1.29 is 9.90 Å². The molecule has 0 bridgehead atoms. The Bertz CT molecular complexity index is 711. The van der Waals surface area contributed by atoms with Crippen molar-refractivity contribution in [3.8, 4) is 10.8 Å². The standard InChI is InChI=1S/C21H25BrO2/c1-19-8-5-15(23)13-14(19)3-4-16-17(19)6-9-20(2)18(16)7-10-21(20,24)11-12-22/h7,10,13,16-18,24H,3-6,8-9H2,1-2H3/t16-,17+,18+,19+,20+,21-/m1/s1. The molecule has 24 heavy (non-hydrogen) atoms. The molecule has 0 aliphatic heterocycles. The lowest BCUT2D eigenvalue weighted by molar-refractivity contribution is -0.118. The smallest absolute Gasteiger partial charge is 0.155 e. The van der Waals surface area contributed by atoms with Crippen LogP contribution in [0.15, 0.2) is 23.8 Å². The van der Waals surface area contributed by atoms with Gasteiger partial charge in [-0.15, -0.1) is 0 Å². The van der Waals surface area contributed by atoms with Crippen molar-refractivity contribution in [2.45, 2.75) is 58.0 Å². The summed E-state index contributed by atoms with van der Waals surface area (Å²) in [5, 5.41) is 11.1. The summed E-state index contributed by atoms with van der Waals surface area (Å²) < 4.78 is 0. The van der Waals surface area contributed by atoms with E-state index >= 15 is 0 Å². The third-order valence-corrected chi connectivity index (χ3v) is 8.06. The largest absolute Gasteiger partial charge is 0.373 e. The predicted molar refractivity (Wildman–Crippen MR) is 98.3 cm³/mol. The number of halogens is 1. The lowest BCUT2D eigenvalue weighted by Gasteiger charge is -2.58. The van der Waals surface area contributed by atoms with Gasteiger partial charge in [-0.05, 0) is 72.3 Å². The minimum absolute atomic E-state index is 0.174. The Labute approximate surface area is 152 Å². The van der Waals surface area contributed by atoms with Crippen molar-refractivity contribution in [1.29, 1.82) is 0 Å². The third-order valence-electron chi connectivity index (χ3n) is 7.87. The van der Waals surface area contributed by atoms with E-state index in [1.54, 1.807) is 0 Å². The van der Waals surface area contributed by atoms with Crippen molar-refractivity contribution in [2.75, 3.05) is 0 Å². The Morgan fingerprint density at radius 3 is 2.79 bits per heavy atom. The van der Waals surface area contributed by atoms with Crippen LogP contribution in [0.25, 0.3) is 0 Å². The highest BCUT2D eigenvalue weighted by Gasteiger charge is 2.61. The molecule has 0 saturated heterocycles. The maximum atomic E-state index is 11.9. The van der Waals surface area contributed by atoms with E-state index in [0.717, 1.165) is 32.1 Å². The van der Waals surface area contributed by atoms with E-state index in [-0.39, 0.29) is 10.8 Å². The van der Waals surface area contributed by atoms with Crippen LogP contribution < -0.4 is 0 Å². The lowest BCUT2D eigenvalue weighted by Crippen LogP contribution is -2.54. The van der Waals surface area contributed by atoms with Crippen LogP contribution in [0.2, 0.25) is 0 Å². The number of carbonyl (C=O) groups excluding carboxylic acids is 1. The van der Waals surface area contributed by atoms with Crippen LogP contribution in [0.1, 0.15) is 52.4 Å². The first-order valence-electron chi connectivity index (χ1n) is 9.12. The zero-order chi connectivity index (χ0) is 17.2. The monoisotopic (exact) mass is 388 g/mol. The van der Waals surface area contributed by atoms with Gasteiger partial charge in [0, 0.05) is 27.8 Å². The number of fused-ring (bicyclic) bond motifs is 5. The molecule has 0 radical (unpaired) electrons. The molecule has 4 aliphatic rings. The molecule has 128 valence electrons. The second-order valence-corrected chi connectivity index (χ2v) is 9.09. The third kappa shape index (κ3) is 2.02. The number of hydrogen-bond donors (Lipinski definition) is 1. The molecule has 6 atom stereocenters. The van der Waals surface area contributed by atoms with Crippen LogP contribution in [0.4, 0.5) is 0 Å². The van der Waals surface area contributed by atoms with E-state index in [9.17, 15) is 9.90 Å². The molecule has 2 nitrogen and oxygen atoms in total. The topological polar surface area (TPSA) is 37.3 Å². The fourth-order valence-electron chi connectivity index (χ4n) is 6.30. The number of carbonyl (C=O) groups is 1. The Kier molecular flexibility index (Phi) is 3.68. The Morgan fingerprint density at radius 1 is 1.25 bits per heavy atom. The number of ketones is 1. The van der Waals surface area contributed by atoms with E-state index in [4.69, 9.17) is 0 Å². The Morgan fingerprint density at radius 2 is 2.04 bits per heavy atom. The van der Waals surface area contributed by atoms with Crippen molar-refractivity contribution in [3.63, 3.8) is 0 Å². The van der Waals surface area contributed by atoms with E-state index in [1.165, 1.54) is 5.57 Å².